The fraction of sp³-hybridized carbons (Fsp3) is 0.593. The first-order valence-corrected chi connectivity index (χ1v) is 13.3. The molecule has 0 bridgehead atoms. The molecule has 16 heteroatoms. The number of aliphatic hydroxyl groups is 3. The van der Waals surface area contributed by atoms with Gasteiger partial charge in [0.15, 0.2) is 24.8 Å². The van der Waals surface area contributed by atoms with Crippen LogP contribution in [-0.2, 0) is 47.5 Å². The molecule has 2 amide bonds. The third-order valence-electron chi connectivity index (χ3n) is 7.12. The van der Waals surface area contributed by atoms with Crippen LogP contribution in [0.25, 0.3) is 0 Å². The van der Waals surface area contributed by atoms with Crippen molar-refractivity contribution < 1.29 is 72.5 Å². The van der Waals surface area contributed by atoms with E-state index in [1.165, 1.54) is 19.2 Å². The average Bonchev–Trinajstić information content (AvgIpc) is 3.20. The molecule has 0 saturated carbocycles. The number of carbonyl (C=O) groups is 5. The van der Waals surface area contributed by atoms with Gasteiger partial charge in [-0.05, 0) is 12.1 Å². The van der Waals surface area contributed by atoms with E-state index in [4.69, 9.17) is 33.2 Å². The summed E-state index contributed by atoms with van der Waals surface area (Å²) in [6, 6.07) is 4.36. The highest BCUT2D eigenvalue weighted by Gasteiger charge is 2.57. The number of ether oxygens (including phenoxy) is 7. The minimum absolute atomic E-state index is 0.0463. The Hall–Kier alpha value is -3.51. The zero-order valence-electron chi connectivity index (χ0n) is 23.7. The van der Waals surface area contributed by atoms with E-state index >= 15 is 0 Å². The molecule has 0 aliphatic carbocycles. The zero-order valence-corrected chi connectivity index (χ0v) is 23.7. The predicted octanol–water partition coefficient (Wildman–Crippen LogP) is -1.73. The van der Waals surface area contributed by atoms with E-state index in [0.29, 0.717) is 0 Å². The normalized spacial score (nSPS) is 34.0. The molecule has 0 unspecified atom stereocenters. The smallest absolute Gasteiger partial charge is 0.303 e. The van der Waals surface area contributed by atoms with Gasteiger partial charge in [-0.2, -0.15) is 0 Å². The summed E-state index contributed by atoms with van der Waals surface area (Å²) >= 11 is 0. The van der Waals surface area contributed by atoms with Crippen LogP contribution in [0, 0.1) is 0 Å². The number of hydrogen-bond donors (Lipinski definition) is 3. The summed E-state index contributed by atoms with van der Waals surface area (Å²) in [5, 5.41) is 30.9. The maximum Gasteiger partial charge on any atom is 0.303 e. The Balaban J connectivity index is 1.74. The standard InChI is InChI=1S/C27H33NO15/c1-11(29)38-10-17-22(40-12(2)30)23(41-13(3)31)18(28-24(35)14-7-5-6-8-15(14)25(28)36)26(43-17)39-9-16-19(32)20(33)21(34)27(37-4)42-16/h5-8,16-23,26-27,32-34H,9-10H2,1-4H3/t16-,17-,18-,19+,20+,21-,22-,23-,26-,27-/m1/s1. The van der Waals surface area contributed by atoms with Crippen LogP contribution in [0.4, 0.5) is 0 Å². The SMILES string of the molecule is CO[C@@H]1O[C@H](CO[C@@H]2O[C@H](COC(C)=O)[C@@H](OC(C)=O)[C@H](OC(C)=O)[C@H]2N2C(=O)c3ccccc3C2=O)[C@H](O)[C@H](O)[C@H]1O. The highest BCUT2D eigenvalue weighted by molar-refractivity contribution is 6.21. The predicted molar refractivity (Wildman–Crippen MR) is 137 cm³/mol. The molecule has 3 aliphatic rings. The fourth-order valence-electron chi connectivity index (χ4n) is 5.21. The number of amides is 2. The minimum atomic E-state index is -1.69. The number of esters is 3. The van der Waals surface area contributed by atoms with Gasteiger partial charge in [-0.25, -0.2) is 0 Å². The number of carbonyl (C=O) groups excluding carboxylic acids is 5. The number of nitrogens with zero attached hydrogens (tertiary/aromatic N) is 1. The second-order valence-corrected chi connectivity index (χ2v) is 10.1. The second kappa shape index (κ2) is 13.4. The van der Waals surface area contributed by atoms with Crippen LogP contribution in [0.15, 0.2) is 24.3 Å². The summed E-state index contributed by atoms with van der Waals surface area (Å²) in [7, 11) is 1.21. The highest BCUT2D eigenvalue weighted by atomic mass is 16.7. The Labute approximate surface area is 245 Å². The van der Waals surface area contributed by atoms with E-state index in [-0.39, 0.29) is 11.1 Å². The summed E-state index contributed by atoms with van der Waals surface area (Å²) in [5.41, 5.74) is 0.0926. The summed E-state index contributed by atoms with van der Waals surface area (Å²) in [6.45, 7) is 2.16. The maximum atomic E-state index is 13.6. The molecule has 10 atom stereocenters. The van der Waals surface area contributed by atoms with Crippen LogP contribution in [-0.4, -0.2) is 132 Å². The number of benzene rings is 1. The van der Waals surface area contributed by atoms with Crippen molar-refractivity contribution >= 4 is 29.7 Å². The van der Waals surface area contributed by atoms with Crippen molar-refractivity contribution in [1.29, 1.82) is 0 Å². The molecule has 3 N–H and O–H groups in total. The molecule has 1 aromatic carbocycles. The first-order chi connectivity index (χ1) is 20.3. The quantitative estimate of drug-likeness (QED) is 0.161. The average molecular weight is 612 g/mol. The van der Waals surface area contributed by atoms with Crippen molar-refractivity contribution in [2.24, 2.45) is 0 Å². The number of methoxy groups -OCH3 is 1. The number of fused-ring (bicyclic) bond motifs is 1. The fourth-order valence-corrected chi connectivity index (χ4v) is 5.21. The van der Waals surface area contributed by atoms with Crippen molar-refractivity contribution in [1.82, 2.24) is 4.90 Å². The largest absolute Gasteiger partial charge is 0.463 e. The van der Waals surface area contributed by atoms with E-state index in [2.05, 4.69) is 0 Å². The van der Waals surface area contributed by atoms with Gasteiger partial charge < -0.3 is 48.5 Å². The van der Waals surface area contributed by atoms with Gasteiger partial charge in [0, 0.05) is 27.9 Å². The van der Waals surface area contributed by atoms with Crippen molar-refractivity contribution in [3.8, 4) is 0 Å². The molecule has 16 nitrogen and oxygen atoms in total. The Morgan fingerprint density at radius 2 is 1.33 bits per heavy atom. The lowest BCUT2D eigenvalue weighted by atomic mass is 9.94. The van der Waals surface area contributed by atoms with Crippen LogP contribution in [0.2, 0.25) is 0 Å². The maximum absolute atomic E-state index is 13.6. The first kappa shape index (κ1) is 32.4. The molecule has 43 heavy (non-hydrogen) atoms. The highest BCUT2D eigenvalue weighted by Crippen LogP contribution is 2.36. The van der Waals surface area contributed by atoms with Gasteiger partial charge in [-0.1, -0.05) is 12.1 Å². The third-order valence-corrected chi connectivity index (χ3v) is 7.12. The molecular weight excluding hydrogens is 578 g/mol. The van der Waals surface area contributed by atoms with Crippen LogP contribution in [0.1, 0.15) is 41.5 Å². The Bertz CT molecular complexity index is 1200. The lowest BCUT2D eigenvalue weighted by Crippen LogP contribution is -2.68. The molecule has 3 aliphatic heterocycles. The second-order valence-electron chi connectivity index (χ2n) is 10.1. The van der Waals surface area contributed by atoms with Gasteiger partial charge in [-0.15, -0.1) is 0 Å². The van der Waals surface area contributed by atoms with E-state index in [9.17, 15) is 39.3 Å². The van der Waals surface area contributed by atoms with Gasteiger partial charge in [-0.3, -0.25) is 28.9 Å². The third kappa shape index (κ3) is 6.70. The molecule has 2 saturated heterocycles. The zero-order chi connectivity index (χ0) is 31.6. The lowest BCUT2D eigenvalue weighted by Gasteiger charge is -2.47. The van der Waals surface area contributed by atoms with Gasteiger partial charge in [0.25, 0.3) is 11.8 Å². The van der Waals surface area contributed by atoms with Gasteiger partial charge in [0.05, 0.1) is 17.7 Å². The lowest BCUT2D eigenvalue weighted by molar-refractivity contribution is -0.320. The molecule has 0 radical (unpaired) electrons. The van der Waals surface area contributed by atoms with E-state index in [1.807, 2.05) is 0 Å². The Kier molecular flexibility index (Phi) is 10.1. The van der Waals surface area contributed by atoms with E-state index in [0.717, 1.165) is 25.7 Å². The van der Waals surface area contributed by atoms with Crippen molar-refractivity contribution in [3.05, 3.63) is 35.4 Å². The van der Waals surface area contributed by atoms with Crippen molar-refractivity contribution in [2.45, 2.75) is 82.1 Å². The summed E-state index contributed by atoms with van der Waals surface area (Å²) < 4.78 is 38.5. The molecule has 236 valence electrons. The van der Waals surface area contributed by atoms with Crippen LogP contribution >= 0.6 is 0 Å². The molecular formula is C27H33NO15. The number of hydrogen-bond acceptors (Lipinski definition) is 15. The topological polar surface area (TPSA) is 214 Å². The van der Waals surface area contributed by atoms with Crippen LogP contribution in [0.3, 0.4) is 0 Å². The molecule has 3 heterocycles. The number of rotatable bonds is 9. The van der Waals surface area contributed by atoms with E-state index < -0.39 is 104 Å². The summed E-state index contributed by atoms with van der Waals surface area (Å²) in [6.07, 6.45) is -13.7. The van der Waals surface area contributed by atoms with Crippen LogP contribution < -0.4 is 0 Å². The van der Waals surface area contributed by atoms with Crippen LogP contribution in [0.5, 0.6) is 0 Å². The molecule has 0 aromatic heterocycles. The number of aliphatic hydroxyl groups excluding tert-OH is 3. The monoisotopic (exact) mass is 611 g/mol. The first-order valence-electron chi connectivity index (χ1n) is 13.3. The number of imide groups is 1. The van der Waals surface area contributed by atoms with Crippen molar-refractivity contribution in [3.63, 3.8) is 0 Å². The molecule has 2 fully saturated rings. The van der Waals surface area contributed by atoms with Crippen molar-refractivity contribution in [2.75, 3.05) is 20.3 Å². The van der Waals surface area contributed by atoms with Gasteiger partial charge in [0.1, 0.15) is 43.2 Å². The molecule has 1 aromatic rings. The van der Waals surface area contributed by atoms with Gasteiger partial charge in [0.2, 0.25) is 0 Å². The molecule has 0 spiro atoms. The van der Waals surface area contributed by atoms with E-state index in [1.54, 1.807) is 12.1 Å². The minimum Gasteiger partial charge on any atom is -0.463 e. The molecule has 4 rings (SSSR count). The Morgan fingerprint density at radius 1 is 0.767 bits per heavy atom. The Morgan fingerprint density at radius 3 is 1.86 bits per heavy atom. The summed E-state index contributed by atoms with van der Waals surface area (Å²) in [4.78, 5) is 63.9. The summed E-state index contributed by atoms with van der Waals surface area (Å²) in [5.74, 6) is -4.00. The van der Waals surface area contributed by atoms with Gasteiger partial charge >= 0.3 is 17.9 Å².